The fourth-order valence-electron chi connectivity index (χ4n) is 2.67. The van der Waals surface area contributed by atoms with Crippen LogP contribution < -0.4 is 0 Å². The lowest BCUT2D eigenvalue weighted by Crippen LogP contribution is -2.11. The van der Waals surface area contributed by atoms with Gasteiger partial charge in [0.05, 0.1) is 12.1 Å². The highest BCUT2D eigenvalue weighted by molar-refractivity contribution is 5.77. The van der Waals surface area contributed by atoms with Crippen LogP contribution in [0.15, 0.2) is 18.2 Å². The number of aromatic nitrogens is 2. The minimum Gasteiger partial charge on any atom is -0.381 e. The van der Waals surface area contributed by atoms with Crippen LogP contribution in [-0.2, 0) is 4.74 Å². The van der Waals surface area contributed by atoms with Gasteiger partial charge in [0.25, 0.3) is 0 Å². The number of rotatable bonds is 2. The van der Waals surface area contributed by atoms with Gasteiger partial charge in [0.1, 0.15) is 11.3 Å². The molecule has 2 aromatic rings. The molecule has 0 amide bonds. The van der Waals surface area contributed by atoms with E-state index in [2.05, 4.69) is 23.4 Å². The topological polar surface area (TPSA) is 27.1 Å². The monoisotopic (exact) mass is 248 g/mol. The molecule has 0 N–H and O–H groups in total. The number of hydrogen-bond acceptors (Lipinski definition) is 2. The lowest BCUT2D eigenvalue weighted by Gasteiger charge is -2.15. The molecular weight excluding hydrogens is 231 g/mol. The molecule has 1 saturated heterocycles. The van der Waals surface area contributed by atoms with Gasteiger partial charge >= 0.3 is 0 Å². The van der Waals surface area contributed by atoms with Crippen molar-refractivity contribution in [3.05, 3.63) is 29.8 Å². The maximum Gasteiger partial charge on any atom is 0.151 e. The molecule has 18 heavy (non-hydrogen) atoms. The van der Waals surface area contributed by atoms with Gasteiger partial charge in [0.2, 0.25) is 0 Å². The van der Waals surface area contributed by atoms with Gasteiger partial charge in [-0.15, -0.1) is 0 Å². The SMILES string of the molecule is CC(C)n1c([C@H]2CCOC2)nc2c(F)cccc21. The van der Waals surface area contributed by atoms with Crippen LogP contribution in [-0.4, -0.2) is 22.8 Å². The molecule has 3 rings (SSSR count). The predicted octanol–water partition coefficient (Wildman–Crippen LogP) is 3.26. The van der Waals surface area contributed by atoms with E-state index in [0.29, 0.717) is 18.0 Å². The molecule has 1 atom stereocenters. The zero-order valence-electron chi connectivity index (χ0n) is 10.7. The normalized spacial score (nSPS) is 20.1. The average molecular weight is 248 g/mol. The summed E-state index contributed by atoms with van der Waals surface area (Å²) in [5.41, 5.74) is 1.36. The molecule has 3 nitrogen and oxygen atoms in total. The van der Waals surface area contributed by atoms with Crippen molar-refractivity contribution in [3.63, 3.8) is 0 Å². The number of ether oxygens (including phenoxy) is 1. The minimum absolute atomic E-state index is 0.243. The van der Waals surface area contributed by atoms with Crippen LogP contribution in [0.25, 0.3) is 11.0 Å². The second-order valence-corrected chi connectivity index (χ2v) is 5.10. The molecule has 96 valence electrons. The fourth-order valence-corrected chi connectivity index (χ4v) is 2.67. The minimum atomic E-state index is -0.243. The zero-order chi connectivity index (χ0) is 12.7. The number of nitrogens with zero attached hydrogens (tertiary/aromatic N) is 2. The van der Waals surface area contributed by atoms with Crippen LogP contribution >= 0.6 is 0 Å². The Morgan fingerprint density at radius 1 is 1.44 bits per heavy atom. The molecule has 0 unspecified atom stereocenters. The maximum absolute atomic E-state index is 13.8. The summed E-state index contributed by atoms with van der Waals surface area (Å²) >= 11 is 0. The Bertz CT molecular complexity index is 570. The van der Waals surface area contributed by atoms with E-state index in [0.717, 1.165) is 24.4 Å². The molecule has 4 heteroatoms. The summed E-state index contributed by atoms with van der Waals surface area (Å²) in [6, 6.07) is 5.42. The van der Waals surface area contributed by atoms with E-state index >= 15 is 0 Å². The van der Waals surface area contributed by atoms with E-state index in [-0.39, 0.29) is 11.9 Å². The third-order valence-electron chi connectivity index (χ3n) is 3.51. The number of fused-ring (bicyclic) bond motifs is 1. The molecule has 0 aliphatic carbocycles. The maximum atomic E-state index is 13.8. The van der Waals surface area contributed by atoms with Gasteiger partial charge in [-0.05, 0) is 32.4 Å². The van der Waals surface area contributed by atoms with Gasteiger partial charge in [0.15, 0.2) is 5.82 Å². The number of para-hydroxylation sites is 1. The molecule has 1 aromatic carbocycles. The van der Waals surface area contributed by atoms with Crippen molar-refractivity contribution in [1.29, 1.82) is 0 Å². The van der Waals surface area contributed by atoms with Crippen molar-refractivity contribution < 1.29 is 9.13 Å². The molecule has 1 aliphatic rings. The number of imidazole rings is 1. The Hall–Kier alpha value is -1.42. The van der Waals surface area contributed by atoms with Gasteiger partial charge in [-0.3, -0.25) is 0 Å². The van der Waals surface area contributed by atoms with E-state index < -0.39 is 0 Å². The standard InChI is InChI=1S/C14H17FN2O/c1-9(2)17-12-5-3-4-11(15)13(12)16-14(17)10-6-7-18-8-10/h3-5,9-10H,6-8H2,1-2H3/t10-/m0/s1. The van der Waals surface area contributed by atoms with Gasteiger partial charge in [-0.25, -0.2) is 9.37 Å². The Labute approximate surface area is 106 Å². The van der Waals surface area contributed by atoms with E-state index in [1.807, 2.05) is 6.07 Å². The van der Waals surface area contributed by atoms with E-state index in [1.165, 1.54) is 6.07 Å². The van der Waals surface area contributed by atoms with Crippen LogP contribution in [0.3, 0.4) is 0 Å². The zero-order valence-corrected chi connectivity index (χ0v) is 10.7. The van der Waals surface area contributed by atoms with E-state index in [9.17, 15) is 4.39 Å². The second kappa shape index (κ2) is 4.35. The molecule has 1 aliphatic heterocycles. The van der Waals surface area contributed by atoms with Crippen LogP contribution in [0.4, 0.5) is 4.39 Å². The van der Waals surface area contributed by atoms with Crippen LogP contribution in [0.1, 0.15) is 38.1 Å². The van der Waals surface area contributed by atoms with Crippen molar-refractivity contribution in [2.75, 3.05) is 13.2 Å². The summed E-state index contributed by atoms with van der Waals surface area (Å²) in [7, 11) is 0. The number of benzene rings is 1. The van der Waals surface area contributed by atoms with Crippen LogP contribution in [0.2, 0.25) is 0 Å². The smallest absolute Gasteiger partial charge is 0.151 e. The first-order valence-corrected chi connectivity index (χ1v) is 6.42. The number of halogens is 1. The molecule has 1 aromatic heterocycles. The summed E-state index contributed by atoms with van der Waals surface area (Å²) < 4.78 is 21.4. The molecule has 0 radical (unpaired) electrons. The summed E-state index contributed by atoms with van der Waals surface area (Å²) in [5.74, 6) is 1.01. The predicted molar refractivity (Wildman–Crippen MR) is 68.3 cm³/mol. The largest absolute Gasteiger partial charge is 0.381 e. The number of hydrogen-bond donors (Lipinski definition) is 0. The summed E-state index contributed by atoms with van der Waals surface area (Å²) in [5, 5.41) is 0. The molecule has 0 bridgehead atoms. The van der Waals surface area contributed by atoms with Crippen LogP contribution in [0, 0.1) is 5.82 Å². The fraction of sp³-hybridized carbons (Fsp3) is 0.500. The highest BCUT2D eigenvalue weighted by atomic mass is 19.1. The average Bonchev–Trinajstić information content (AvgIpc) is 2.95. The third-order valence-corrected chi connectivity index (χ3v) is 3.51. The summed E-state index contributed by atoms with van der Waals surface area (Å²) in [4.78, 5) is 4.52. The first-order chi connectivity index (χ1) is 8.68. The van der Waals surface area contributed by atoms with Gasteiger partial charge < -0.3 is 9.30 Å². The van der Waals surface area contributed by atoms with Crippen molar-refractivity contribution >= 4 is 11.0 Å². The van der Waals surface area contributed by atoms with Crippen molar-refractivity contribution in [2.45, 2.75) is 32.2 Å². The highest BCUT2D eigenvalue weighted by Gasteiger charge is 2.26. The lowest BCUT2D eigenvalue weighted by molar-refractivity contribution is 0.192. The third kappa shape index (κ3) is 1.72. The molecule has 1 fully saturated rings. The molecule has 0 saturated carbocycles. The summed E-state index contributed by atoms with van der Waals surface area (Å²) in [6.45, 7) is 5.67. The van der Waals surface area contributed by atoms with E-state index in [4.69, 9.17) is 4.74 Å². The van der Waals surface area contributed by atoms with Crippen LogP contribution in [0.5, 0.6) is 0 Å². The van der Waals surface area contributed by atoms with Gasteiger partial charge in [-0.1, -0.05) is 6.07 Å². The quantitative estimate of drug-likeness (QED) is 0.815. The van der Waals surface area contributed by atoms with Gasteiger partial charge in [0, 0.05) is 18.6 Å². The Balaban J connectivity index is 2.23. The molecular formula is C14H17FN2O. The Morgan fingerprint density at radius 2 is 2.28 bits per heavy atom. The Morgan fingerprint density at radius 3 is 2.94 bits per heavy atom. The highest BCUT2D eigenvalue weighted by Crippen LogP contribution is 2.31. The second-order valence-electron chi connectivity index (χ2n) is 5.10. The summed E-state index contributed by atoms with van der Waals surface area (Å²) in [6.07, 6.45) is 0.970. The van der Waals surface area contributed by atoms with Crippen molar-refractivity contribution in [2.24, 2.45) is 0 Å². The first kappa shape index (κ1) is 11.7. The molecule has 0 spiro atoms. The molecule has 2 heterocycles. The van der Waals surface area contributed by atoms with Crippen molar-refractivity contribution in [1.82, 2.24) is 9.55 Å². The van der Waals surface area contributed by atoms with Crippen molar-refractivity contribution in [3.8, 4) is 0 Å². The van der Waals surface area contributed by atoms with Gasteiger partial charge in [-0.2, -0.15) is 0 Å². The first-order valence-electron chi connectivity index (χ1n) is 6.42. The lowest BCUT2D eigenvalue weighted by atomic mass is 10.1. The van der Waals surface area contributed by atoms with E-state index in [1.54, 1.807) is 6.07 Å². The Kier molecular flexibility index (Phi) is 2.82.